The lowest BCUT2D eigenvalue weighted by Gasteiger charge is -2.19. The van der Waals surface area contributed by atoms with Gasteiger partial charge in [0.05, 0.1) is 7.11 Å². The highest BCUT2D eigenvalue weighted by Gasteiger charge is 2.22. The molecule has 1 aliphatic rings. The van der Waals surface area contributed by atoms with Crippen LogP contribution in [0.5, 0.6) is 5.75 Å². The molecule has 2 aromatic carbocycles. The zero-order chi connectivity index (χ0) is 17.6. The summed E-state index contributed by atoms with van der Waals surface area (Å²) in [6, 6.07) is 16.3. The topological polar surface area (TPSA) is 62.9 Å². The maximum absolute atomic E-state index is 6.01. The SMILES string of the molecule is COc1cccc(N2CCC(CN=C(N)Nc3ccc(C)cc3)C2)c1. The first kappa shape index (κ1) is 17.1. The Balaban J connectivity index is 1.53. The van der Waals surface area contributed by atoms with E-state index in [2.05, 4.69) is 46.4 Å². The summed E-state index contributed by atoms with van der Waals surface area (Å²) < 4.78 is 5.31. The van der Waals surface area contributed by atoms with Crippen molar-refractivity contribution in [3.63, 3.8) is 0 Å². The molecule has 3 N–H and O–H groups in total. The number of benzene rings is 2. The van der Waals surface area contributed by atoms with Gasteiger partial charge in [0.25, 0.3) is 0 Å². The second-order valence-electron chi connectivity index (χ2n) is 6.52. The summed E-state index contributed by atoms with van der Waals surface area (Å²) in [4.78, 5) is 6.90. The van der Waals surface area contributed by atoms with Crippen molar-refractivity contribution < 1.29 is 4.74 Å². The Morgan fingerprint density at radius 3 is 2.84 bits per heavy atom. The van der Waals surface area contributed by atoms with Crippen LogP contribution in [0.15, 0.2) is 53.5 Å². The number of methoxy groups -OCH3 is 1. The number of nitrogens with zero attached hydrogens (tertiary/aromatic N) is 2. The van der Waals surface area contributed by atoms with Gasteiger partial charge in [0.2, 0.25) is 0 Å². The summed E-state index contributed by atoms with van der Waals surface area (Å²) in [7, 11) is 1.70. The van der Waals surface area contributed by atoms with Crippen molar-refractivity contribution in [2.45, 2.75) is 13.3 Å². The Morgan fingerprint density at radius 1 is 1.28 bits per heavy atom. The molecular weight excluding hydrogens is 312 g/mol. The third kappa shape index (κ3) is 4.66. The van der Waals surface area contributed by atoms with E-state index in [1.807, 2.05) is 24.3 Å². The highest BCUT2D eigenvalue weighted by Crippen LogP contribution is 2.27. The van der Waals surface area contributed by atoms with Crippen molar-refractivity contribution in [1.29, 1.82) is 0 Å². The number of anilines is 2. The van der Waals surface area contributed by atoms with Crippen molar-refractivity contribution in [3.8, 4) is 5.75 Å². The summed E-state index contributed by atoms with van der Waals surface area (Å²) in [6.07, 6.45) is 1.12. The van der Waals surface area contributed by atoms with Gasteiger partial charge in [-0.3, -0.25) is 4.99 Å². The van der Waals surface area contributed by atoms with Crippen LogP contribution in [0.25, 0.3) is 0 Å². The maximum Gasteiger partial charge on any atom is 0.193 e. The van der Waals surface area contributed by atoms with E-state index in [-0.39, 0.29) is 0 Å². The molecule has 3 rings (SSSR count). The lowest BCUT2D eigenvalue weighted by Crippen LogP contribution is -2.25. The van der Waals surface area contributed by atoms with Gasteiger partial charge >= 0.3 is 0 Å². The second kappa shape index (κ2) is 7.92. The zero-order valence-electron chi connectivity index (χ0n) is 14.9. The molecule has 132 valence electrons. The number of rotatable bonds is 5. The van der Waals surface area contributed by atoms with Crippen molar-refractivity contribution in [3.05, 3.63) is 54.1 Å². The molecule has 0 aliphatic carbocycles. The Labute approximate surface area is 149 Å². The Bertz CT molecular complexity index is 727. The van der Waals surface area contributed by atoms with Crippen LogP contribution in [0.1, 0.15) is 12.0 Å². The first-order valence-electron chi connectivity index (χ1n) is 8.66. The van der Waals surface area contributed by atoms with Gasteiger partial charge in [0.15, 0.2) is 5.96 Å². The molecule has 0 saturated carbocycles. The lowest BCUT2D eigenvalue weighted by molar-refractivity contribution is 0.415. The molecule has 0 radical (unpaired) electrons. The molecule has 2 aromatic rings. The number of nitrogens with two attached hydrogens (primary N) is 1. The third-order valence-electron chi connectivity index (χ3n) is 4.55. The van der Waals surface area contributed by atoms with Crippen LogP contribution in [0.2, 0.25) is 0 Å². The van der Waals surface area contributed by atoms with E-state index < -0.39 is 0 Å². The van der Waals surface area contributed by atoms with Gasteiger partial charge in [-0.15, -0.1) is 0 Å². The molecule has 5 heteroatoms. The van der Waals surface area contributed by atoms with E-state index in [4.69, 9.17) is 10.5 Å². The zero-order valence-corrected chi connectivity index (χ0v) is 14.9. The van der Waals surface area contributed by atoms with Crippen LogP contribution in [0, 0.1) is 12.8 Å². The standard InChI is InChI=1S/C20H26N4O/c1-15-6-8-17(9-7-15)23-20(21)22-13-16-10-11-24(14-16)18-4-3-5-19(12-18)25-2/h3-9,12,16H,10-11,13-14H2,1-2H3,(H3,21,22,23). The molecular formula is C20H26N4O. The summed E-state index contributed by atoms with van der Waals surface area (Å²) >= 11 is 0. The molecule has 0 bridgehead atoms. The van der Waals surface area contributed by atoms with Gasteiger partial charge in [-0.25, -0.2) is 0 Å². The molecule has 1 atom stereocenters. The monoisotopic (exact) mass is 338 g/mol. The predicted molar refractivity (Wildman–Crippen MR) is 105 cm³/mol. The van der Waals surface area contributed by atoms with E-state index in [0.717, 1.165) is 37.5 Å². The first-order chi connectivity index (χ1) is 12.1. The van der Waals surface area contributed by atoms with Gasteiger partial charge in [0, 0.05) is 37.1 Å². The Morgan fingerprint density at radius 2 is 2.08 bits per heavy atom. The average Bonchev–Trinajstić information content (AvgIpc) is 3.11. The molecule has 0 amide bonds. The minimum absolute atomic E-state index is 0.476. The number of nitrogens with one attached hydrogen (secondary N) is 1. The fourth-order valence-corrected chi connectivity index (χ4v) is 3.08. The normalized spacial score (nSPS) is 17.6. The minimum Gasteiger partial charge on any atom is -0.497 e. The fraction of sp³-hybridized carbons (Fsp3) is 0.350. The van der Waals surface area contributed by atoms with E-state index in [1.54, 1.807) is 7.11 Å². The highest BCUT2D eigenvalue weighted by molar-refractivity contribution is 5.92. The number of ether oxygens (including phenoxy) is 1. The number of aliphatic imine (C=N–C) groups is 1. The Kier molecular flexibility index (Phi) is 5.43. The van der Waals surface area contributed by atoms with Crippen molar-refractivity contribution in [1.82, 2.24) is 0 Å². The van der Waals surface area contributed by atoms with Crippen LogP contribution < -0.4 is 20.7 Å². The molecule has 25 heavy (non-hydrogen) atoms. The van der Waals surface area contributed by atoms with Crippen LogP contribution in [-0.4, -0.2) is 32.7 Å². The Hall–Kier alpha value is -2.69. The predicted octanol–water partition coefficient (Wildman–Crippen LogP) is 3.26. The second-order valence-corrected chi connectivity index (χ2v) is 6.52. The van der Waals surface area contributed by atoms with E-state index in [9.17, 15) is 0 Å². The van der Waals surface area contributed by atoms with E-state index in [0.29, 0.717) is 11.9 Å². The summed E-state index contributed by atoms with van der Waals surface area (Å²) in [6.45, 7) is 4.84. The van der Waals surface area contributed by atoms with Gasteiger partial charge in [-0.2, -0.15) is 0 Å². The first-order valence-corrected chi connectivity index (χ1v) is 8.66. The van der Waals surface area contributed by atoms with Gasteiger partial charge in [-0.05, 0) is 43.5 Å². The molecule has 0 spiro atoms. The van der Waals surface area contributed by atoms with Crippen LogP contribution >= 0.6 is 0 Å². The molecule has 1 unspecified atom stereocenters. The quantitative estimate of drug-likeness (QED) is 0.649. The summed E-state index contributed by atoms with van der Waals surface area (Å²) in [5.41, 5.74) is 9.41. The molecule has 0 aromatic heterocycles. The third-order valence-corrected chi connectivity index (χ3v) is 4.55. The van der Waals surface area contributed by atoms with Gasteiger partial charge in [0.1, 0.15) is 5.75 Å². The molecule has 1 aliphatic heterocycles. The fourth-order valence-electron chi connectivity index (χ4n) is 3.08. The van der Waals surface area contributed by atoms with Crippen molar-refractivity contribution >= 4 is 17.3 Å². The molecule has 5 nitrogen and oxygen atoms in total. The number of hydrogen-bond donors (Lipinski definition) is 2. The van der Waals surface area contributed by atoms with E-state index >= 15 is 0 Å². The smallest absolute Gasteiger partial charge is 0.193 e. The van der Waals surface area contributed by atoms with Crippen LogP contribution in [-0.2, 0) is 0 Å². The molecule has 1 saturated heterocycles. The largest absolute Gasteiger partial charge is 0.497 e. The van der Waals surface area contributed by atoms with Crippen molar-refractivity contribution in [2.75, 3.05) is 37.0 Å². The van der Waals surface area contributed by atoms with Gasteiger partial charge in [-0.1, -0.05) is 23.8 Å². The van der Waals surface area contributed by atoms with Crippen LogP contribution in [0.3, 0.4) is 0 Å². The average molecular weight is 338 g/mol. The maximum atomic E-state index is 6.01. The number of guanidine groups is 1. The number of hydrogen-bond acceptors (Lipinski definition) is 3. The summed E-state index contributed by atoms with van der Waals surface area (Å²) in [5, 5.41) is 3.15. The molecule has 1 heterocycles. The molecule has 1 fully saturated rings. The summed E-state index contributed by atoms with van der Waals surface area (Å²) in [5.74, 6) is 1.89. The van der Waals surface area contributed by atoms with Crippen molar-refractivity contribution in [2.24, 2.45) is 16.6 Å². The van der Waals surface area contributed by atoms with Crippen LogP contribution in [0.4, 0.5) is 11.4 Å². The van der Waals surface area contributed by atoms with Gasteiger partial charge < -0.3 is 20.7 Å². The van der Waals surface area contributed by atoms with E-state index in [1.165, 1.54) is 11.3 Å². The lowest BCUT2D eigenvalue weighted by atomic mass is 10.1. The number of aryl methyl sites for hydroxylation is 1. The highest BCUT2D eigenvalue weighted by atomic mass is 16.5. The minimum atomic E-state index is 0.476.